The Hall–Kier alpha value is -2.37. The van der Waals surface area contributed by atoms with E-state index in [-0.39, 0.29) is 30.6 Å². The fraction of sp³-hybridized carbons (Fsp3) is 0.357. The van der Waals surface area contributed by atoms with Crippen LogP contribution in [0.4, 0.5) is 0 Å². The number of amides is 2. The lowest BCUT2D eigenvalue weighted by molar-refractivity contribution is -0.305. The zero-order valence-corrected chi connectivity index (χ0v) is 10.8. The molecule has 1 aliphatic rings. The smallest absolute Gasteiger partial charge is 0.242 e. The van der Waals surface area contributed by atoms with E-state index in [9.17, 15) is 19.5 Å². The first kappa shape index (κ1) is 14.0. The van der Waals surface area contributed by atoms with Gasteiger partial charge in [0.1, 0.15) is 0 Å². The van der Waals surface area contributed by atoms with Gasteiger partial charge in [0, 0.05) is 18.3 Å². The van der Waals surface area contributed by atoms with Crippen molar-refractivity contribution >= 4 is 17.8 Å². The van der Waals surface area contributed by atoms with E-state index in [4.69, 9.17) is 0 Å². The van der Waals surface area contributed by atoms with Gasteiger partial charge in [-0.2, -0.15) is 0 Å². The van der Waals surface area contributed by atoms with Crippen LogP contribution in [0.15, 0.2) is 30.3 Å². The summed E-state index contributed by atoms with van der Waals surface area (Å²) in [5.74, 6) is -2.03. The van der Waals surface area contributed by atoms with E-state index < -0.39 is 11.9 Å². The number of nitrogens with one attached hydrogen (secondary N) is 2. The summed E-state index contributed by atoms with van der Waals surface area (Å²) in [7, 11) is 0. The summed E-state index contributed by atoms with van der Waals surface area (Å²) in [6.07, 6.45) is 0.179. The summed E-state index contributed by atoms with van der Waals surface area (Å²) in [5, 5.41) is 10.2. The Morgan fingerprint density at radius 3 is 2.45 bits per heavy atom. The maximum atomic E-state index is 11.8. The standard InChI is InChI=1S/C14H16N2O4/c17-12(6-7-13(18)19)15-16-14(20)11-8-10(11)9-4-2-1-3-5-9/h1-5,10-11H,6-8H2,(H,15,17)(H,16,20)(H,18,19)/p-1/t10-,11+/m0/s1. The number of carbonyl (C=O) groups is 3. The number of hydrogen-bond acceptors (Lipinski definition) is 4. The Balaban J connectivity index is 1.72. The van der Waals surface area contributed by atoms with E-state index >= 15 is 0 Å². The first-order valence-corrected chi connectivity index (χ1v) is 6.41. The summed E-state index contributed by atoms with van der Waals surface area (Å²) < 4.78 is 0. The normalized spacial score (nSPS) is 20.0. The molecule has 1 aliphatic carbocycles. The molecular weight excluding hydrogens is 260 g/mol. The maximum Gasteiger partial charge on any atom is 0.242 e. The van der Waals surface area contributed by atoms with E-state index in [0.717, 1.165) is 12.0 Å². The van der Waals surface area contributed by atoms with Gasteiger partial charge in [-0.25, -0.2) is 0 Å². The quantitative estimate of drug-likeness (QED) is 0.706. The van der Waals surface area contributed by atoms with Gasteiger partial charge in [-0.05, 0) is 24.3 Å². The van der Waals surface area contributed by atoms with Crippen molar-refractivity contribution in [2.24, 2.45) is 5.92 Å². The molecule has 2 atom stereocenters. The monoisotopic (exact) mass is 275 g/mol. The minimum Gasteiger partial charge on any atom is -0.550 e. The van der Waals surface area contributed by atoms with Crippen molar-refractivity contribution in [3.8, 4) is 0 Å². The molecule has 6 heteroatoms. The van der Waals surface area contributed by atoms with E-state index in [1.807, 2.05) is 30.3 Å². The molecule has 0 radical (unpaired) electrons. The van der Waals surface area contributed by atoms with Crippen molar-refractivity contribution in [2.45, 2.75) is 25.2 Å². The van der Waals surface area contributed by atoms with Crippen molar-refractivity contribution in [2.75, 3.05) is 0 Å². The van der Waals surface area contributed by atoms with Crippen LogP contribution in [-0.2, 0) is 14.4 Å². The lowest BCUT2D eigenvalue weighted by Gasteiger charge is -2.07. The summed E-state index contributed by atoms with van der Waals surface area (Å²) in [6.45, 7) is 0. The highest BCUT2D eigenvalue weighted by Crippen LogP contribution is 2.47. The highest BCUT2D eigenvalue weighted by atomic mass is 16.4. The lowest BCUT2D eigenvalue weighted by atomic mass is 10.1. The van der Waals surface area contributed by atoms with E-state index in [1.54, 1.807) is 0 Å². The Kier molecular flexibility index (Phi) is 4.34. The average Bonchev–Trinajstić information content (AvgIpc) is 3.24. The number of aliphatic carboxylic acids is 1. The summed E-state index contributed by atoms with van der Waals surface area (Å²) in [5.41, 5.74) is 5.62. The van der Waals surface area contributed by atoms with Crippen molar-refractivity contribution in [3.63, 3.8) is 0 Å². The van der Waals surface area contributed by atoms with Gasteiger partial charge in [0.05, 0.1) is 0 Å². The van der Waals surface area contributed by atoms with Crippen molar-refractivity contribution in [1.82, 2.24) is 10.9 Å². The molecule has 1 aromatic carbocycles. The molecule has 2 amide bonds. The first-order valence-electron chi connectivity index (χ1n) is 6.41. The van der Waals surface area contributed by atoms with Gasteiger partial charge in [-0.3, -0.25) is 20.4 Å². The summed E-state index contributed by atoms with van der Waals surface area (Å²) in [4.78, 5) is 33.2. The molecule has 0 saturated heterocycles. The fourth-order valence-corrected chi connectivity index (χ4v) is 2.06. The molecule has 0 spiro atoms. The minimum absolute atomic E-state index is 0.140. The molecule has 6 nitrogen and oxygen atoms in total. The number of carboxylic acids is 1. The van der Waals surface area contributed by atoms with E-state index in [1.165, 1.54) is 0 Å². The molecule has 0 aromatic heterocycles. The van der Waals surface area contributed by atoms with Gasteiger partial charge in [0.15, 0.2) is 0 Å². The van der Waals surface area contributed by atoms with Gasteiger partial charge in [0.25, 0.3) is 0 Å². The van der Waals surface area contributed by atoms with Gasteiger partial charge in [-0.15, -0.1) is 0 Å². The number of hydrogen-bond donors (Lipinski definition) is 2. The fourth-order valence-electron chi connectivity index (χ4n) is 2.06. The zero-order chi connectivity index (χ0) is 14.5. The lowest BCUT2D eigenvalue weighted by Crippen LogP contribution is -2.43. The zero-order valence-electron chi connectivity index (χ0n) is 10.8. The van der Waals surface area contributed by atoms with Crippen molar-refractivity contribution in [3.05, 3.63) is 35.9 Å². The largest absolute Gasteiger partial charge is 0.550 e. The molecule has 1 fully saturated rings. The molecule has 2 N–H and O–H groups in total. The van der Waals surface area contributed by atoms with Crippen molar-refractivity contribution in [1.29, 1.82) is 0 Å². The van der Waals surface area contributed by atoms with Crippen LogP contribution >= 0.6 is 0 Å². The molecular formula is C14H15N2O4-. The Bertz CT molecular complexity index is 515. The van der Waals surface area contributed by atoms with E-state index in [0.29, 0.717) is 0 Å². The second-order valence-electron chi connectivity index (χ2n) is 4.77. The third-order valence-electron chi connectivity index (χ3n) is 3.24. The second kappa shape index (κ2) is 6.18. The summed E-state index contributed by atoms with van der Waals surface area (Å²) >= 11 is 0. The number of carbonyl (C=O) groups excluding carboxylic acids is 3. The maximum absolute atomic E-state index is 11.8. The van der Waals surface area contributed by atoms with Crippen LogP contribution in [0.5, 0.6) is 0 Å². The predicted molar refractivity (Wildman–Crippen MR) is 67.8 cm³/mol. The first-order chi connectivity index (χ1) is 9.58. The SMILES string of the molecule is O=C([O-])CCC(=O)NNC(=O)[C@@H]1C[C@H]1c1ccccc1. The molecule has 20 heavy (non-hydrogen) atoms. The van der Waals surface area contributed by atoms with Gasteiger partial charge in [0.2, 0.25) is 11.8 Å². The van der Waals surface area contributed by atoms with Gasteiger partial charge in [-0.1, -0.05) is 30.3 Å². The molecule has 2 rings (SSSR count). The second-order valence-corrected chi connectivity index (χ2v) is 4.77. The molecule has 0 heterocycles. The van der Waals surface area contributed by atoms with Crippen LogP contribution in [0.3, 0.4) is 0 Å². The number of carboxylic acid groups (broad SMARTS) is 1. The third kappa shape index (κ3) is 3.81. The molecule has 1 saturated carbocycles. The molecule has 0 bridgehead atoms. The topological polar surface area (TPSA) is 98.3 Å². The van der Waals surface area contributed by atoms with Crippen molar-refractivity contribution < 1.29 is 19.5 Å². The van der Waals surface area contributed by atoms with E-state index in [2.05, 4.69) is 10.9 Å². The minimum atomic E-state index is -1.29. The average molecular weight is 275 g/mol. The predicted octanol–water partition coefficient (Wildman–Crippen LogP) is -0.532. The highest BCUT2D eigenvalue weighted by molar-refractivity contribution is 5.86. The third-order valence-corrected chi connectivity index (χ3v) is 3.24. The van der Waals surface area contributed by atoms with Gasteiger partial charge >= 0.3 is 0 Å². The molecule has 0 unspecified atom stereocenters. The van der Waals surface area contributed by atoms with Crippen LogP contribution in [-0.4, -0.2) is 17.8 Å². The van der Waals surface area contributed by atoms with Crippen LogP contribution in [0.1, 0.15) is 30.7 Å². The van der Waals surface area contributed by atoms with Crippen LogP contribution < -0.4 is 16.0 Å². The Labute approximate surface area is 116 Å². The highest BCUT2D eigenvalue weighted by Gasteiger charge is 2.43. The number of hydrazine groups is 1. The molecule has 0 aliphatic heterocycles. The van der Waals surface area contributed by atoms with Crippen LogP contribution in [0, 0.1) is 5.92 Å². The van der Waals surface area contributed by atoms with Gasteiger partial charge < -0.3 is 9.90 Å². The van der Waals surface area contributed by atoms with Crippen LogP contribution in [0.2, 0.25) is 0 Å². The molecule has 1 aromatic rings. The van der Waals surface area contributed by atoms with Crippen LogP contribution in [0.25, 0.3) is 0 Å². The number of benzene rings is 1. The Morgan fingerprint density at radius 2 is 1.80 bits per heavy atom. The Morgan fingerprint density at radius 1 is 1.10 bits per heavy atom. The number of rotatable bonds is 5. The summed E-state index contributed by atoms with van der Waals surface area (Å²) in [6, 6.07) is 9.69. The molecule has 106 valence electrons.